The van der Waals surface area contributed by atoms with Gasteiger partial charge in [-0.1, -0.05) is 18.2 Å². The second-order valence-corrected chi connectivity index (χ2v) is 7.07. The summed E-state index contributed by atoms with van der Waals surface area (Å²) >= 11 is 1.38. The molecule has 136 valence electrons. The van der Waals surface area contributed by atoms with Crippen LogP contribution < -0.4 is 15.4 Å². The van der Waals surface area contributed by atoms with E-state index in [-0.39, 0.29) is 18.2 Å². The lowest BCUT2D eigenvalue weighted by atomic mass is 10.1. The average molecular weight is 379 g/mol. The highest BCUT2D eigenvalue weighted by Gasteiger charge is 2.18. The summed E-state index contributed by atoms with van der Waals surface area (Å²) < 4.78 is 5.12. The van der Waals surface area contributed by atoms with E-state index >= 15 is 0 Å². The quantitative estimate of drug-likeness (QED) is 0.711. The number of carbonyl (C=O) groups is 2. The Balaban J connectivity index is 1.42. The van der Waals surface area contributed by atoms with Crippen molar-refractivity contribution in [2.24, 2.45) is 0 Å². The lowest BCUT2D eigenvalue weighted by Crippen LogP contribution is -2.14. The molecule has 2 heterocycles. The van der Waals surface area contributed by atoms with Crippen molar-refractivity contribution in [2.75, 3.05) is 17.7 Å². The van der Waals surface area contributed by atoms with Crippen LogP contribution in [0.1, 0.15) is 11.1 Å². The number of rotatable bonds is 5. The number of aromatic nitrogens is 1. The molecule has 0 atom stereocenters. The molecule has 4 rings (SSSR count). The topological polar surface area (TPSA) is 80.3 Å². The van der Waals surface area contributed by atoms with Crippen molar-refractivity contribution in [3.63, 3.8) is 0 Å². The van der Waals surface area contributed by atoms with Gasteiger partial charge in [-0.25, -0.2) is 4.98 Å². The van der Waals surface area contributed by atoms with Crippen LogP contribution in [0.25, 0.3) is 11.3 Å². The van der Waals surface area contributed by atoms with E-state index in [9.17, 15) is 9.59 Å². The molecule has 0 radical (unpaired) electrons. The number of hydrogen-bond acceptors (Lipinski definition) is 5. The first-order valence-electron chi connectivity index (χ1n) is 8.42. The molecule has 7 heteroatoms. The fourth-order valence-corrected chi connectivity index (χ4v) is 3.68. The van der Waals surface area contributed by atoms with E-state index in [0.29, 0.717) is 11.6 Å². The maximum Gasteiger partial charge on any atom is 0.230 e. The number of benzene rings is 2. The Bertz CT molecular complexity index is 1010. The van der Waals surface area contributed by atoms with Crippen LogP contribution in [-0.4, -0.2) is 23.9 Å². The van der Waals surface area contributed by atoms with Gasteiger partial charge in [-0.05, 0) is 35.4 Å². The number of nitrogens with zero attached hydrogens (tertiary/aromatic N) is 1. The Morgan fingerprint density at radius 1 is 1.26 bits per heavy atom. The summed E-state index contributed by atoms with van der Waals surface area (Å²) in [5.74, 6) is 0.645. The maximum atomic E-state index is 12.3. The summed E-state index contributed by atoms with van der Waals surface area (Å²) in [4.78, 5) is 28.2. The molecule has 0 saturated heterocycles. The normalized spacial score (nSPS) is 12.4. The van der Waals surface area contributed by atoms with E-state index in [4.69, 9.17) is 4.74 Å². The first-order chi connectivity index (χ1) is 13.1. The number of thiazole rings is 1. The zero-order valence-corrected chi connectivity index (χ0v) is 15.4. The van der Waals surface area contributed by atoms with Gasteiger partial charge in [-0.2, -0.15) is 0 Å². The van der Waals surface area contributed by atoms with Crippen molar-refractivity contribution in [1.82, 2.24) is 4.98 Å². The second-order valence-electron chi connectivity index (χ2n) is 6.21. The Labute approximate surface area is 160 Å². The van der Waals surface area contributed by atoms with Crippen molar-refractivity contribution < 1.29 is 14.3 Å². The van der Waals surface area contributed by atoms with Crippen LogP contribution in [0.5, 0.6) is 5.75 Å². The van der Waals surface area contributed by atoms with Gasteiger partial charge in [0, 0.05) is 16.6 Å². The molecule has 0 unspecified atom stereocenters. The summed E-state index contributed by atoms with van der Waals surface area (Å²) in [5.41, 5.74) is 4.43. The highest BCUT2D eigenvalue weighted by atomic mass is 32.1. The minimum atomic E-state index is -0.121. The van der Waals surface area contributed by atoms with E-state index in [1.54, 1.807) is 7.11 Å². The fraction of sp³-hybridized carbons (Fsp3) is 0.150. The first kappa shape index (κ1) is 17.2. The van der Waals surface area contributed by atoms with Gasteiger partial charge in [0.05, 0.1) is 25.6 Å². The Kier molecular flexibility index (Phi) is 4.60. The maximum absolute atomic E-state index is 12.3. The minimum absolute atomic E-state index is 0.00640. The van der Waals surface area contributed by atoms with Crippen molar-refractivity contribution in [3.8, 4) is 17.0 Å². The number of carbonyl (C=O) groups excluding carboxylic acids is 2. The zero-order valence-electron chi connectivity index (χ0n) is 14.6. The lowest BCUT2D eigenvalue weighted by Gasteiger charge is -2.04. The average Bonchev–Trinajstić information content (AvgIpc) is 3.27. The molecule has 2 N–H and O–H groups in total. The van der Waals surface area contributed by atoms with Gasteiger partial charge in [-0.15, -0.1) is 11.3 Å². The van der Waals surface area contributed by atoms with Gasteiger partial charge in [0.2, 0.25) is 11.8 Å². The lowest BCUT2D eigenvalue weighted by molar-refractivity contribution is -0.116. The molecule has 2 aromatic carbocycles. The molecule has 0 spiro atoms. The molecule has 1 aromatic heterocycles. The summed E-state index contributed by atoms with van der Waals surface area (Å²) in [6.07, 6.45) is 0.657. The monoisotopic (exact) mass is 379 g/mol. The predicted molar refractivity (Wildman–Crippen MR) is 105 cm³/mol. The molecule has 6 nitrogen and oxygen atoms in total. The SMILES string of the molecule is COc1ccc(CC(=O)Nc2nc(-c3ccc4c(c3)CC(=O)N4)cs2)cc1. The molecule has 1 aliphatic heterocycles. The summed E-state index contributed by atoms with van der Waals surface area (Å²) in [6, 6.07) is 13.2. The summed E-state index contributed by atoms with van der Waals surface area (Å²) in [5, 5.41) is 8.11. The van der Waals surface area contributed by atoms with Crippen LogP contribution in [0.4, 0.5) is 10.8 Å². The van der Waals surface area contributed by atoms with Crippen LogP contribution in [0.3, 0.4) is 0 Å². The standard InChI is InChI=1S/C20H17N3O3S/c1-26-15-5-2-12(3-6-15)8-18(24)23-20-22-17(11-27-20)13-4-7-16-14(9-13)10-19(25)21-16/h2-7,9,11H,8,10H2,1H3,(H,21,25)(H,22,23,24). The van der Waals surface area contributed by atoms with E-state index in [2.05, 4.69) is 15.6 Å². The van der Waals surface area contributed by atoms with Crippen molar-refractivity contribution in [1.29, 1.82) is 0 Å². The molecule has 1 aliphatic rings. The predicted octanol–water partition coefficient (Wildman–Crippen LogP) is 3.49. The van der Waals surface area contributed by atoms with E-state index in [1.165, 1.54) is 11.3 Å². The number of methoxy groups -OCH3 is 1. The fourth-order valence-electron chi connectivity index (χ4n) is 2.94. The van der Waals surface area contributed by atoms with Crippen molar-refractivity contribution >= 4 is 34.0 Å². The minimum Gasteiger partial charge on any atom is -0.497 e. The molecular weight excluding hydrogens is 362 g/mol. The summed E-state index contributed by atoms with van der Waals surface area (Å²) in [7, 11) is 1.61. The van der Waals surface area contributed by atoms with Crippen LogP contribution in [0, 0.1) is 0 Å². The second kappa shape index (κ2) is 7.20. The van der Waals surface area contributed by atoms with E-state index < -0.39 is 0 Å². The third kappa shape index (κ3) is 3.83. The number of hydrogen-bond donors (Lipinski definition) is 2. The molecular formula is C20H17N3O3S. The zero-order chi connectivity index (χ0) is 18.8. The largest absolute Gasteiger partial charge is 0.497 e. The highest BCUT2D eigenvalue weighted by Crippen LogP contribution is 2.30. The first-order valence-corrected chi connectivity index (χ1v) is 9.30. The van der Waals surface area contributed by atoms with Crippen LogP contribution in [0.2, 0.25) is 0 Å². The number of nitrogens with one attached hydrogen (secondary N) is 2. The van der Waals surface area contributed by atoms with Gasteiger partial charge in [0.1, 0.15) is 5.75 Å². The Morgan fingerprint density at radius 2 is 2.07 bits per heavy atom. The molecule has 0 aliphatic carbocycles. The molecule has 0 fully saturated rings. The molecule has 0 bridgehead atoms. The van der Waals surface area contributed by atoms with Gasteiger partial charge in [0.15, 0.2) is 5.13 Å². The van der Waals surface area contributed by atoms with Gasteiger partial charge < -0.3 is 15.4 Å². The Morgan fingerprint density at radius 3 is 2.85 bits per heavy atom. The molecule has 0 saturated carbocycles. The third-order valence-electron chi connectivity index (χ3n) is 4.30. The summed E-state index contributed by atoms with van der Waals surface area (Å²) in [6.45, 7) is 0. The van der Waals surface area contributed by atoms with Crippen LogP contribution >= 0.6 is 11.3 Å². The number of fused-ring (bicyclic) bond motifs is 1. The number of ether oxygens (including phenoxy) is 1. The highest BCUT2D eigenvalue weighted by molar-refractivity contribution is 7.14. The molecule has 3 aromatic rings. The molecule has 27 heavy (non-hydrogen) atoms. The Hall–Kier alpha value is -3.19. The van der Waals surface area contributed by atoms with Crippen molar-refractivity contribution in [3.05, 3.63) is 59.0 Å². The van der Waals surface area contributed by atoms with Crippen LogP contribution in [-0.2, 0) is 22.4 Å². The number of anilines is 2. The van der Waals surface area contributed by atoms with E-state index in [1.807, 2.05) is 47.8 Å². The third-order valence-corrected chi connectivity index (χ3v) is 5.06. The van der Waals surface area contributed by atoms with Gasteiger partial charge >= 0.3 is 0 Å². The van der Waals surface area contributed by atoms with Gasteiger partial charge in [-0.3, -0.25) is 9.59 Å². The van der Waals surface area contributed by atoms with Crippen molar-refractivity contribution in [2.45, 2.75) is 12.8 Å². The smallest absolute Gasteiger partial charge is 0.230 e. The molecule has 2 amide bonds. The van der Waals surface area contributed by atoms with Crippen LogP contribution in [0.15, 0.2) is 47.8 Å². The van der Waals surface area contributed by atoms with Gasteiger partial charge in [0.25, 0.3) is 0 Å². The van der Waals surface area contributed by atoms with E-state index in [0.717, 1.165) is 33.8 Å². The number of amides is 2.